The molecule has 1 fully saturated rings. The molecule has 10 heteroatoms. The van der Waals surface area contributed by atoms with E-state index >= 15 is 0 Å². The molecule has 1 unspecified atom stereocenters. The van der Waals surface area contributed by atoms with E-state index in [1.54, 1.807) is 12.1 Å². The van der Waals surface area contributed by atoms with Crippen LogP contribution in [0.3, 0.4) is 0 Å². The second-order valence-corrected chi connectivity index (χ2v) is 8.91. The van der Waals surface area contributed by atoms with Crippen LogP contribution in [0.2, 0.25) is 0 Å². The lowest BCUT2D eigenvalue weighted by molar-refractivity contribution is -0.128. The number of hydrogen-bond acceptors (Lipinski definition) is 5. The van der Waals surface area contributed by atoms with Gasteiger partial charge in [-0.25, -0.2) is 12.8 Å². The number of carbonyl (C=O) groups excluding carboxylic acids is 2. The van der Waals surface area contributed by atoms with Gasteiger partial charge in [-0.2, -0.15) is 4.31 Å². The standard InChI is InChI=1S/C20H22FN3O5S/c21-15-6-8-18(9-7-15)30(28,29)24-10-2-3-14(13-24)20(27)22-12-19(26)23-16-4-1-5-17(25)11-16/h1,4-9,11,14,25H,2-3,10,12-13H2,(H,22,27)(H,23,26). The molecular formula is C20H22FN3O5S. The Labute approximate surface area is 173 Å². The van der Waals surface area contributed by atoms with Crippen LogP contribution in [0.25, 0.3) is 0 Å². The van der Waals surface area contributed by atoms with E-state index in [-0.39, 0.29) is 30.3 Å². The Morgan fingerprint density at radius 1 is 1.17 bits per heavy atom. The summed E-state index contributed by atoms with van der Waals surface area (Å²) >= 11 is 0. The Bertz CT molecular complexity index is 1030. The smallest absolute Gasteiger partial charge is 0.243 e. The highest BCUT2D eigenvalue weighted by Crippen LogP contribution is 2.24. The maximum absolute atomic E-state index is 13.1. The van der Waals surface area contributed by atoms with E-state index in [0.717, 1.165) is 12.1 Å². The monoisotopic (exact) mass is 435 g/mol. The number of nitrogens with zero attached hydrogens (tertiary/aromatic N) is 1. The van der Waals surface area contributed by atoms with Crippen molar-refractivity contribution in [1.82, 2.24) is 9.62 Å². The third kappa shape index (κ3) is 5.33. The van der Waals surface area contributed by atoms with Crippen molar-refractivity contribution < 1.29 is 27.5 Å². The molecule has 8 nitrogen and oxygen atoms in total. The van der Waals surface area contributed by atoms with Gasteiger partial charge in [0.15, 0.2) is 0 Å². The number of phenolic OH excluding ortho intramolecular Hbond substituents is 1. The van der Waals surface area contributed by atoms with Crippen molar-refractivity contribution in [2.24, 2.45) is 5.92 Å². The Morgan fingerprint density at radius 3 is 2.60 bits per heavy atom. The fourth-order valence-corrected chi connectivity index (χ4v) is 4.75. The fraction of sp³-hybridized carbons (Fsp3) is 0.300. The number of carbonyl (C=O) groups is 2. The molecule has 3 N–H and O–H groups in total. The van der Waals surface area contributed by atoms with E-state index in [4.69, 9.17) is 0 Å². The summed E-state index contributed by atoms with van der Waals surface area (Å²) < 4.78 is 39.8. The first-order valence-corrected chi connectivity index (χ1v) is 10.8. The molecule has 0 bridgehead atoms. The Balaban J connectivity index is 1.56. The minimum absolute atomic E-state index is 0.00139. The van der Waals surface area contributed by atoms with E-state index in [1.165, 1.54) is 28.6 Å². The Hall–Kier alpha value is -2.98. The molecular weight excluding hydrogens is 413 g/mol. The first-order chi connectivity index (χ1) is 14.3. The van der Waals surface area contributed by atoms with Crippen molar-refractivity contribution in [3.8, 4) is 5.75 Å². The average molecular weight is 435 g/mol. The summed E-state index contributed by atoms with van der Waals surface area (Å²) in [4.78, 5) is 24.4. The van der Waals surface area contributed by atoms with Crippen LogP contribution in [0.15, 0.2) is 53.4 Å². The normalized spacial score (nSPS) is 17.3. The number of piperidine rings is 1. The van der Waals surface area contributed by atoms with Gasteiger partial charge in [0.2, 0.25) is 21.8 Å². The van der Waals surface area contributed by atoms with Crippen LogP contribution < -0.4 is 10.6 Å². The van der Waals surface area contributed by atoms with Gasteiger partial charge in [-0.05, 0) is 49.2 Å². The van der Waals surface area contributed by atoms with Crippen LogP contribution in [0.5, 0.6) is 5.75 Å². The average Bonchev–Trinajstić information content (AvgIpc) is 2.72. The highest BCUT2D eigenvalue weighted by atomic mass is 32.2. The molecule has 1 heterocycles. The molecule has 1 saturated heterocycles. The number of halogens is 1. The third-order valence-electron chi connectivity index (χ3n) is 4.76. The van der Waals surface area contributed by atoms with E-state index in [0.29, 0.717) is 18.5 Å². The predicted molar refractivity (Wildman–Crippen MR) is 108 cm³/mol. The first kappa shape index (κ1) is 21.7. The van der Waals surface area contributed by atoms with Crippen LogP contribution in [0.1, 0.15) is 12.8 Å². The van der Waals surface area contributed by atoms with Crippen molar-refractivity contribution in [2.45, 2.75) is 17.7 Å². The Kier molecular flexibility index (Phi) is 6.68. The van der Waals surface area contributed by atoms with Gasteiger partial charge in [0.1, 0.15) is 11.6 Å². The summed E-state index contributed by atoms with van der Waals surface area (Å²) in [6.45, 7) is -0.0309. The van der Waals surface area contributed by atoms with Crippen LogP contribution in [0.4, 0.5) is 10.1 Å². The lowest BCUT2D eigenvalue weighted by atomic mass is 9.99. The van der Waals surface area contributed by atoms with Gasteiger partial charge < -0.3 is 15.7 Å². The quantitative estimate of drug-likeness (QED) is 0.639. The SMILES string of the molecule is O=C(CNC(=O)C1CCCN(S(=O)(=O)c2ccc(F)cc2)C1)Nc1cccc(O)c1. The molecule has 0 aliphatic carbocycles. The zero-order valence-electron chi connectivity index (χ0n) is 16.0. The van der Waals surface area contributed by atoms with Crippen molar-refractivity contribution >= 4 is 27.5 Å². The van der Waals surface area contributed by atoms with Crippen molar-refractivity contribution in [3.05, 3.63) is 54.3 Å². The Morgan fingerprint density at radius 2 is 1.90 bits per heavy atom. The molecule has 160 valence electrons. The van der Waals surface area contributed by atoms with Crippen LogP contribution in [-0.2, 0) is 19.6 Å². The highest BCUT2D eigenvalue weighted by Gasteiger charge is 2.33. The maximum Gasteiger partial charge on any atom is 0.243 e. The topological polar surface area (TPSA) is 116 Å². The van der Waals surface area contributed by atoms with Gasteiger partial charge in [0.05, 0.1) is 17.4 Å². The summed E-state index contributed by atoms with van der Waals surface area (Å²) in [7, 11) is -3.84. The number of sulfonamides is 1. The van der Waals surface area contributed by atoms with Gasteiger partial charge in [0, 0.05) is 24.8 Å². The lowest BCUT2D eigenvalue weighted by Crippen LogP contribution is -2.46. The maximum atomic E-state index is 13.1. The number of phenols is 1. The molecule has 30 heavy (non-hydrogen) atoms. The van der Waals surface area contributed by atoms with Crippen molar-refractivity contribution in [1.29, 1.82) is 0 Å². The molecule has 1 atom stereocenters. The van der Waals surface area contributed by atoms with Crippen molar-refractivity contribution in [2.75, 3.05) is 25.0 Å². The lowest BCUT2D eigenvalue weighted by Gasteiger charge is -2.31. The number of nitrogens with one attached hydrogen (secondary N) is 2. The third-order valence-corrected chi connectivity index (χ3v) is 6.64. The molecule has 3 rings (SSSR count). The number of rotatable bonds is 6. The zero-order chi connectivity index (χ0) is 21.7. The summed E-state index contributed by atoms with van der Waals surface area (Å²) in [6.07, 6.45) is 0.990. The first-order valence-electron chi connectivity index (χ1n) is 9.38. The molecule has 2 amide bonds. The van der Waals surface area contributed by atoms with E-state index in [1.807, 2.05) is 0 Å². The molecule has 0 saturated carbocycles. The molecule has 0 aromatic heterocycles. The van der Waals surface area contributed by atoms with Gasteiger partial charge in [-0.15, -0.1) is 0 Å². The number of hydrogen-bond donors (Lipinski definition) is 3. The van der Waals surface area contributed by atoms with Gasteiger partial charge in [-0.1, -0.05) is 6.07 Å². The highest BCUT2D eigenvalue weighted by molar-refractivity contribution is 7.89. The second kappa shape index (κ2) is 9.23. The summed E-state index contributed by atoms with van der Waals surface area (Å²) in [5, 5.41) is 14.5. The molecule has 1 aliphatic heterocycles. The largest absolute Gasteiger partial charge is 0.508 e. The summed E-state index contributed by atoms with van der Waals surface area (Å²) in [5.41, 5.74) is 0.392. The number of amides is 2. The number of anilines is 1. The fourth-order valence-electron chi connectivity index (χ4n) is 3.23. The van der Waals surface area contributed by atoms with Gasteiger partial charge in [-0.3, -0.25) is 9.59 Å². The predicted octanol–water partition coefficient (Wildman–Crippen LogP) is 1.69. The summed E-state index contributed by atoms with van der Waals surface area (Å²) in [5.74, 6) is -2.02. The zero-order valence-corrected chi connectivity index (χ0v) is 16.9. The second-order valence-electron chi connectivity index (χ2n) is 6.97. The molecule has 0 spiro atoms. The summed E-state index contributed by atoms with van der Waals surface area (Å²) in [6, 6.07) is 10.5. The van der Waals surface area contributed by atoms with Gasteiger partial charge >= 0.3 is 0 Å². The van der Waals surface area contributed by atoms with Gasteiger partial charge in [0.25, 0.3) is 0 Å². The van der Waals surface area contributed by atoms with E-state index < -0.39 is 33.6 Å². The van der Waals surface area contributed by atoms with Crippen LogP contribution in [-0.4, -0.2) is 49.3 Å². The van der Waals surface area contributed by atoms with E-state index in [2.05, 4.69) is 10.6 Å². The number of aromatic hydroxyl groups is 1. The molecule has 2 aromatic carbocycles. The van der Waals surface area contributed by atoms with Crippen molar-refractivity contribution in [3.63, 3.8) is 0 Å². The minimum Gasteiger partial charge on any atom is -0.508 e. The number of benzene rings is 2. The molecule has 2 aromatic rings. The molecule has 0 radical (unpaired) electrons. The van der Waals surface area contributed by atoms with Crippen LogP contribution >= 0.6 is 0 Å². The minimum atomic E-state index is -3.84. The van der Waals surface area contributed by atoms with Crippen LogP contribution in [0, 0.1) is 11.7 Å². The van der Waals surface area contributed by atoms with E-state index in [9.17, 15) is 27.5 Å². The molecule has 1 aliphatic rings.